The molecule has 0 N–H and O–H groups in total. The Bertz CT molecular complexity index is 63.0. The summed E-state index contributed by atoms with van der Waals surface area (Å²) in [5, 5.41) is 0. The van der Waals surface area contributed by atoms with Crippen molar-refractivity contribution in [3.63, 3.8) is 0 Å². The maximum atomic E-state index is 3.06. The fourth-order valence-corrected chi connectivity index (χ4v) is 1.84. The Hall–Kier alpha value is 0.340. The third kappa shape index (κ3) is 0.833. The largest absolute Gasteiger partial charge is 0.0667 e. The summed E-state index contributed by atoms with van der Waals surface area (Å²) in [6, 6.07) is 0. The highest BCUT2D eigenvalue weighted by Gasteiger charge is 1.75. The summed E-state index contributed by atoms with van der Waals surface area (Å²) < 4.78 is 0. The van der Waals surface area contributed by atoms with E-state index in [1.54, 1.807) is 0 Å². The van der Waals surface area contributed by atoms with E-state index in [9.17, 15) is 0 Å². The van der Waals surface area contributed by atoms with Crippen LogP contribution in [0.4, 0.5) is 0 Å². The van der Waals surface area contributed by atoms with Gasteiger partial charge >= 0.3 is 0 Å². The fraction of sp³-hybridized carbons (Fsp3) is 0.333. The Labute approximate surface area is 34.7 Å². The summed E-state index contributed by atoms with van der Waals surface area (Å²) in [6.07, 6.45) is 3.31. The summed E-state index contributed by atoms with van der Waals surface area (Å²) in [4.78, 5) is 0. The first kappa shape index (κ1) is 3.53. The summed E-state index contributed by atoms with van der Waals surface area (Å²) in [5.41, 5.74) is 0. The molecule has 0 spiro atoms. The van der Waals surface area contributed by atoms with Crippen molar-refractivity contribution in [1.82, 2.24) is 0 Å². The number of hydrogen-bond acceptors (Lipinski definition) is 0. The van der Waals surface area contributed by atoms with E-state index >= 15 is 0 Å². The molecule has 1 heterocycles. The SMILES string of the molecule is [C]1=CCP=P1. The molecule has 0 aromatic rings. The molecule has 25 valence electrons. The van der Waals surface area contributed by atoms with Gasteiger partial charge in [0.05, 0.1) is 0 Å². The van der Waals surface area contributed by atoms with Crippen LogP contribution in [0, 0.1) is 5.82 Å². The maximum absolute atomic E-state index is 3.06. The van der Waals surface area contributed by atoms with Gasteiger partial charge in [-0.05, 0) is 7.87 Å². The minimum absolute atomic E-state index is 1.22. The number of hydrogen-bond donors (Lipinski definition) is 0. The Morgan fingerprint density at radius 3 is 3.00 bits per heavy atom. The first-order valence-corrected chi connectivity index (χ1v) is 4.12. The topological polar surface area (TPSA) is 0 Å². The van der Waals surface area contributed by atoms with Crippen molar-refractivity contribution >= 4 is 15.7 Å². The molecule has 0 saturated heterocycles. The van der Waals surface area contributed by atoms with Crippen LogP contribution in [0.15, 0.2) is 6.08 Å². The lowest BCUT2D eigenvalue weighted by atomic mass is 10.8. The van der Waals surface area contributed by atoms with Crippen LogP contribution in [0.25, 0.3) is 0 Å². The predicted octanol–water partition coefficient (Wildman–Crippen LogP) is 2.12. The van der Waals surface area contributed by atoms with Crippen molar-refractivity contribution in [3.8, 4) is 0 Å². The standard InChI is InChI=1S/C3H3P2/c1-2-4-5-3-1/h1H,2H2. The molecule has 0 bridgehead atoms. The minimum atomic E-state index is 1.22. The Balaban J connectivity index is 2.61. The van der Waals surface area contributed by atoms with Crippen LogP contribution in [0.5, 0.6) is 0 Å². The Morgan fingerprint density at radius 2 is 2.80 bits per heavy atom. The van der Waals surface area contributed by atoms with Crippen LogP contribution >= 0.6 is 15.7 Å². The molecule has 1 radical (unpaired) electrons. The molecule has 0 unspecified atom stereocenters. The molecule has 0 aromatic heterocycles. The van der Waals surface area contributed by atoms with Gasteiger partial charge in [0.1, 0.15) is 0 Å². The molecule has 0 fully saturated rings. The normalized spacial score (nSPS) is 24.0. The number of allylic oxidation sites excluding steroid dienone is 1. The zero-order chi connectivity index (χ0) is 3.54. The van der Waals surface area contributed by atoms with Crippen LogP contribution in [0.3, 0.4) is 0 Å². The zero-order valence-electron chi connectivity index (χ0n) is 2.68. The summed E-state index contributed by atoms with van der Waals surface area (Å²) >= 11 is 0. The van der Waals surface area contributed by atoms with E-state index in [1.807, 2.05) is 0 Å². The van der Waals surface area contributed by atoms with Crippen LogP contribution < -0.4 is 0 Å². The van der Waals surface area contributed by atoms with Gasteiger partial charge in [0.2, 0.25) is 0 Å². The molecule has 0 amide bonds. The van der Waals surface area contributed by atoms with Crippen LogP contribution in [0.1, 0.15) is 0 Å². The fourth-order valence-electron chi connectivity index (χ4n) is 0.204. The molecule has 2 heteroatoms. The molecule has 0 aromatic carbocycles. The van der Waals surface area contributed by atoms with Crippen molar-refractivity contribution in [2.75, 3.05) is 6.16 Å². The molecule has 0 nitrogen and oxygen atoms in total. The minimum Gasteiger partial charge on any atom is -0.0667 e. The molecule has 0 aliphatic carbocycles. The Kier molecular flexibility index (Phi) is 1.20. The van der Waals surface area contributed by atoms with Gasteiger partial charge in [0, 0.05) is 12.0 Å². The lowest BCUT2D eigenvalue weighted by Crippen LogP contribution is -1.43. The van der Waals surface area contributed by atoms with Crippen LogP contribution in [-0.4, -0.2) is 6.16 Å². The van der Waals surface area contributed by atoms with Crippen molar-refractivity contribution < 1.29 is 0 Å². The zero-order valence-corrected chi connectivity index (χ0v) is 4.47. The van der Waals surface area contributed by atoms with Crippen molar-refractivity contribution in [2.45, 2.75) is 0 Å². The van der Waals surface area contributed by atoms with Gasteiger partial charge in [-0.3, -0.25) is 0 Å². The van der Waals surface area contributed by atoms with Crippen LogP contribution in [0.2, 0.25) is 0 Å². The average Bonchev–Trinajstić information content (AvgIpc) is 1.76. The van der Waals surface area contributed by atoms with E-state index in [2.05, 4.69) is 11.9 Å². The van der Waals surface area contributed by atoms with E-state index in [4.69, 9.17) is 0 Å². The molecular formula is C3H3P2. The highest BCUT2D eigenvalue weighted by atomic mass is 31.7. The summed E-state index contributed by atoms with van der Waals surface area (Å²) in [6.45, 7) is 0. The summed E-state index contributed by atoms with van der Waals surface area (Å²) in [7, 11) is 2.85. The van der Waals surface area contributed by atoms with E-state index in [-0.39, 0.29) is 0 Å². The van der Waals surface area contributed by atoms with Crippen molar-refractivity contribution in [3.05, 3.63) is 11.9 Å². The van der Waals surface area contributed by atoms with Gasteiger partial charge in [0.25, 0.3) is 0 Å². The predicted molar refractivity (Wildman–Crippen MR) is 26.5 cm³/mol. The molecule has 5 heavy (non-hydrogen) atoms. The lowest BCUT2D eigenvalue weighted by Gasteiger charge is -1.54. The number of rotatable bonds is 0. The first-order chi connectivity index (χ1) is 2.50. The second kappa shape index (κ2) is 1.70. The molecule has 1 aliphatic rings. The Morgan fingerprint density at radius 1 is 1.80 bits per heavy atom. The third-order valence-electron chi connectivity index (χ3n) is 0.393. The van der Waals surface area contributed by atoms with Gasteiger partial charge in [-0.2, -0.15) is 0 Å². The second-order valence-corrected chi connectivity index (χ2v) is 3.31. The first-order valence-electron chi connectivity index (χ1n) is 1.44. The van der Waals surface area contributed by atoms with Gasteiger partial charge in [-0.15, -0.1) is 0 Å². The van der Waals surface area contributed by atoms with E-state index in [1.165, 1.54) is 21.9 Å². The van der Waals surface area contributed by atoms with Gasteiger partial charge < -0.3 is 0 Å². The van der Waals surface area contributed by atoms with E-state index in [0.29, 0.717) is 0 Å². The van der Waals surface area contributed by atoms with E-state index in [0.717, 1.165) is 0 Å². The third-order valence-corrected chi connectivity index (χ3v) is 2.44. The highest BCUT2D eigenvalue weighted by molar-refractivity contribution is 7.85. The summed E-state index contributed by atoms with van der Waals surface area (Å²) in [5.74, 6) is 3.06. The van der Waals surface area contributed by atoms with Crippen LogP contribution in [-0.2, 0) is 0 Å². The maximum Gasteiger partial charge on any atom is 0.0146 e. The lowest BCUT2D eigenvalue weighted by molar-refractivity contribution is 1.81. The molecule has 1 rings (SSSR count). The highest BCUT2D eigenvalue weighted by Crippen LogP contribution is 2.21. The van der Waals surface area contributed by atoms with Crippen molar-refractivity contribution in [1.29, 1.82) is 0 Å². The molecule has 0 saturated carbocycles. The molecule has 1 aliphatic heterocycles. The van der Waals surface area contributed by atoms with E-state index < -0.39 is 0 Å². The monoisotopic (exact) mass is 101 g/mol. The van der Waals surface area contributed by atoms with Gasteiger partial charge in [-0.1, -0.05) is 13.9 Å². The van der Waals surface area contributed by atoms with Crippen molar-refractivity contribution in [2.24, 2.45) is 0 Å². The van der Waals surface area contributed by atoms with Gasteiger partial charge in [0.15, 0.2) is 0 Å². The molecular weight excluding hydrogens is 98.0 g/mol. The quantitative estimate of drug-likeness (QED) is 0.410. The second-order valence-electron chi connectivity index (χ2n) is 0.757. The average molecular weight is 101 g/mol. The van der Waals surface area contributed by atoms with Gasteiger partial charge in [-0.25, -0.2) is 0 Å². The smallest absolute Gasteiger partial charge is 0.0146 e. The molecule has 0 atom stereocenters.